The molecule has 2 amide bonds. The summed E-state index contributed by atoms with van der Waals surface area (Å²) >= 11 is 11.7. The normalized spacial score (nSPS) is 13.8. The minimum absolute atomic E-state index is 0.139. The molecule has 1 aromatic carbocycles. The lowest BCUT2D eigenvalue weighted by Gasteiger charge is -2.27. The average molecular weight is 291 g/mol. The largest absolute Gasteiger partial charge is 0.394 e. The second-order valence-corrected chi connectivity index (χ2v) is 5.12. The van der Waals surface area contributed by atoms with Gasteiger partial charge in [0.15, 0.2) is 0 Å². The SMILES string of the molecule is CCC(C)(CO)NC(=O)Nc1cc(Cl)ccc1Cl. The number of nitrogens with one attached hydrogen (secondary N) is 2. The topological polar surface area (TPSA) is 61.4 Å². The fraction of sp³-hybridized carbons (Fsp3) is 0.417. The Hall–Kier alpha value is -0.970. The number of urea groups is 1. The molecule has 0 aliphatic rings. The van der Waals surface area contributed by atoms with Gasteiger partial charge in [0, 0.05) is 5.02 Å². The fourth-order valence-electron chi connectivity index (χ4n) is 1.26. The van der Waals surface area contributed by atoms with Gasteiger partial charge in [-0.2, -0.15) is 0 Å². The van der Waals surface area contributed by atoms with Gasteiger partial charge in [0.1, 0.15) is 0 Å². The van der Waals surface area contributed by atoms with Crippen molar-refractivity contribution >= 4 is 34.9 Å². The second kappa shape index (κ2) is 6.27. The van der Waals surface area contributed by atoms with E-state index in [0.29, 0.717) is 22.2 Å². The van der Waals surface area contributed by atoms with E-state index in [1.807, 2.05) is 6.92 Å². The standard InChI is InChI=1S/C12H16Cl2N2O2/c1-3-12(2,7-17)16-11(18)15-10-6-8(13)4-5-9(10)14/h4-6,17H,3,7H2,1-2H3,(H2,15,16,18). The van der Waals surface area contributed by atoms with Crippen LogP contribution in [0, 0.1) is 0 Å². The van der Waals surface area contributed by atoms with Gasteiger partial charge >= 0.3 is 6.03 Å². The first-order valence-electron chi connectivity index (χ1n) is 5.55. The van der Waals surface area contributed by atoms with E-state index in [9.17, 15) is 9.90 Å². The van der Waals surface area contributed by atoms with Crippen LogP contribution in [-0.4, -0.2) is 23.3 Å². The molecule has 1 rings (SSSR count). The molecule has 0 radical (unpaired) electrons. The van der Waals surface area contributed by atoms with Crippen LogP contribution < -0.4 is 10.6 Å². The van der Waals surface area contributed by atoms with E-state index in [2.05, 4.69) is 10.6 Å². The molecular formula is C12H16Cl2N2O2. The van der Waals surface area contributed by atoms with Crippen LogP contribution >= 0.6 is 23.2 Å². The summed E-state index contributed by atoms with van der Waals surface area (Å²) in [5.74, 6) is 0. The number of aliphatic hydroxyl groups excluding tert-OH is 1. The lowest BCUT2D eigenvalue weighted by Crippen LogP contribution is -2.50. The molecule has 3 N–H and O–H groups in total. The summed E-state index contributed by atoms with van der Waals surface area (Å²) < 4.78 is 0. The van der Waals surface area contributed by atoms with Gasteiger partial charge in [-0.05, 0) is 31.5 Å². The van der Waals surface area contributed by atoms with Crippen LogP contribution in [0.2, 0.25) is 10.0 Å². The third-order valence-electron chi connectivity index (χ3n) is 2.72. The lowest BCUT2D eigenvalue weighted by molar-refractivity contribution is 0.172. The van der Waals surface area contributed by atoms with E-state index >= 15 is 0 Å². The van der Waals surface area contributed by atoms with Crippen molar-refractivity contribution in [1.82, 2.24) is 5.32 Å². The Morgan fingerprint density at radius 2 is 2.11 bits per heavy atom. The second-order valence-electron chi connectivity index (χ2n) is 4.28. The summed E-state index contributed by atoms with van der Waals surface area (Å²) in [6.07, 6.45) is 0.611. The van der Waals surface area contributed by atoms with E-state index in [1.165, 1.54) is 0 Å². The molecule has 0 heterocycles. The zero-order chi connectivity index (χ0) is 13.8. The van der Waals surface area contributed by atoms with Gasteiger partial charge < -0.3 is 15.7 Å². The minimum atomic E-state index is -0.658. The van der Waals surface area contributed by atoms with Crippen LogP contribution in [0.25, 0.3) is 0 Å². The highest BCUT2D eigenvalue weighted by molar-refractivity contribution is 6.35. The van der Waals surface area contributed by atoms with E-state index in [4.69, 9.17) is 23.2 Å². The van der Waals surface area contributed by atoms with Crippen molar-refractivity contribution in [3.05, 3.63) is 28.2 Å². The Bertz CT molecular complexity index is 434. The zero-order valence-electron chi connectivity index (χ0n) is 10.3. The highest BCUT2D eigenvalue weighted by Gasteiger charge is 2.23. The molecule has 18 heavy (non-hydrogen) atoms. The monoisotopic (exact) mass is 290 g/mol. The number of carbonyl (C=O) groups excluding carboxylic acids is 1. The number of hydrogen-bond donors (Lipinski definition) is 3. The molecule has 6 heteroatoms. The average Bonchev–Trinajstić information content (AvgIpc) is 2.33. The maximum Gasteiger partial charge on any atom is 0.319 e. The van der Waals surface area contributed by atoms with Crippen LogP contribution in [0.5, 0.6) is 0 Å². The fourth-order valence-corrected chi connectivity index (χ4v) is 1.60. The minimum Gasteiger partial charge on any atom is -0.394 e. The molecule has 1 unspecified atom stereocenters. The van der Waals surface area contributed by atoms with Gasteiger partial charge in [-0.15, -0.1) is 0 Å². The van der Waals surface area contributed by atoms with E-state index in [1.54, 1.807) is 25.1 Å². The van der Waals surface area contributed by atoms with Crippen molar-refractivity contribution < 1.29 is 9.90 Å². The molecule has 0 aromatic heterocycles. The Kier molecular flexibility index (Phi) is 5.26. The summed E-state index contributed by atoms with van der Waals surface area (Å²) in [6.45, 7) is 3.50. The van der Waals surface area contributed by atoms with Crippen molar-refractivity contribution in [2.45, 2.75) is 25.8 Å². The number of benzene rings is 1. The number of amides is 2. The molecule has 0 spiro atoms. The molecule has 0 aliphatic carbocycles. The summed E-state index contributed by atoms with van der Waals surface area (Å²) in [6, 6.07) is 4.37. The predicted molar refractivity (Wildman–Crippen MR) is 74.4 cm³/mol. The predicted octanol–water partition coefficient (Wildman–Crippen LogP) is 3.28. The van der Waals surface area contributed by atoms with E-state index in [-0.39, 0.29) is 6.61 Å². The number of aliphatic hydroxyl groups is 1. The molecule has 0 saturated heterocycles. The van der Waals surface area contributed by atoms with Gasteiger partial charge in [0.05, 0.1) is 22.9 Å². The van der Waals surface area contributed by atoms with Crippen LogP contribution in [0.1, 0.15) is 20.3 Å². The highest BCUT2D eigenvalue weighted by Crippen LogP contribution is 2.25. The zero-order valence-corrected chi connectivity index (χ0v) is 11.8. The summed E-state index contributed by atoms with van der Waals surface area (Å²) in [7, 11) is 0. The number of halogens is 2. The van der Waals surface area contributed by atoms with Gasteiger partial charge in [0.2, 0.25) is 0 Å². The molecule has 1 atom stereocenters. The molecule has 0 saturated carbocycles. The van der Waals surface area contributed by atoms with Crippen LogP contribution in [0.4, 0.5) is 10.5 Å². The Morgan fingerprint density at radius 1 is 1.44 bits per heavy atom. The summed E-state index contributed by atoms with van der Waals surface area (Å²) in [4.78, 5) is 11.8. The number of hydrogen-bond acceptors (Lipinski definition) is 2. The first kappa shape index (κ1) is 15.1. The quantitative estimate of drug-likeness (QED) is 0.797. The van der Waals surface area contributed by atoms with Gasteiger partial charge in [-0.3, -0.25) is 0 Å². The highest BCUT2D eigenvalue weighted by atomic mass is 35.5. The number of anilines is 1. The Balaban J connectivity index is 2.73. The van der Waals surface area contributed by atoms with Crippen LogP contribution in [-0.2, 0) is 0 Å². The van der Waals surface area contributed by atoms with Crippen molar-refractivity contribution in [3.63, 3.8) is 0 Å². The Morgan fingerprint density at radius 3 is 2.67 bits per heavy atom. The number of carbonyl (C=O) groups is 1. The smallest absolute Gasteiger partial charge is 0.319 e. The molecule has 4 nitrogen and oxygen atoms in total. The lowest BCUT2D eigenvalue weighted by atomic mass is 10.0. The molecule has 0 aliphatic heterocycles. The van der Waals surface area contributed by atoms with E-state index < -0.39 is 11.6 Å². The molecule has 100 valence electrons. The van der Waals surface area contributed by atoms with Crippen molar-refractivity contribution in [2.24, 2.45) is 0 Å². The van der Waals surface area contributed by atoms with Gasteiger partial charge in [0.25, 0.3) is 0 Å². The van der Waals surface area contributed by atoms with Gasteiger partial charge in [-0.1, -0.05) is 30.1 Å². The molecular weight excluding hydrogens is 275 g/mol. The summed E-state index contributed by atoms with van der Waals surface area (Å²) in [5, 5.41) is 15.4. The van der Waals surface area contributed by atoms with Crippen LogP contribution in [0.3, 0.4) is 0 Å². The van der Waals surface area contributed by atoms with Crippen molar-refractivity contribution in [1.29, 1.82) is 0 Å². The third kappa shape index (κ3) is 4.05. The summed E-state index contributed by atoms with van der Waals surface area (Å²) in [5.41, 5.74) is -0.229. The molecule has 0 fully saturated rings. The third-order valence-corrected chi connectivity index (χ3v) is 3.29. The molecule has 1 aromatic rings. The maximum absolute atomic E-state index is 11.8. The maximum atomic E-state index is 11.8. The van der Waals surface area contributed by atoms with E-state index in [0.717, 1.165) is 0 Å². The first-order valence-corrected chi connectivity index (χ1v) is 6.31. The Labute approximate surface area is 116 Å². The van der Waals surface area contributed by atoms with Gasteiger partial charge in [-0.25, -0.2) is 4.79 Å². The van der Waals surface area contributed by atoms with Crippen molar-refractivity contribution in [3.8, 4) is 0 Å². The number of rotatable bonds is 4. The molecule has 0 bridgehead atoms. The first-order chi connectivity index (χ1) is 8.40. The van der Waals surface area contributed by atoms with Crippen LogP contribution in [0.15, 0.2) is 18.2 Å². The van der Waals surface area contributed by atoms with Crippen molar-refractivity contribution in [2.75, 3.05) is 11.9 Å².